The highest BCUT2D eigenvalue weighted by Crippen LogP contribution is 2.29. The number of carbonyl (C=O) groups excluding carboxylic acids is 1. The number of hydrogen-bond donors (Lipinski definition) is 2. The van der Waals surface area contributed by atoms with Crippen LogP contribution >= 0.6 is 23.1 Å². The summed E-state index contributed by atoms with van der Waals surface area (Å²) in [5.41, 5.74) is 2.93. The van der Waals surface area contributed by atoms with Gasteiger partial charge < -0.3 is 10.2 Å². The summed E-state index contributed by atoms with van der Waals surface area (Å²) in [5.74, 6) is 0.0990. The molecule has 2 heterocycles. The van der Waals surface area contributed by atoms with Crippen LogP contribution in [-0.2, 0) is 24.2 Å². The molecule has 1 aliphatic rings. The Morgan fingerprint density at radius 1 is 1.38 bits per heavy atom. The molecular weight excluding hydrogens is 370 g/mol. The van der Waals surface area contributed by atoms with Crippen LogP contribution in [0, 0.1) is 6.92 Å². The van der Waals surface area contributed by atoms with E-state index < -0.39 is 0 Å². The van der Waals surface area contributed by atoms with Crippen LogP contribution in [-0.4, -0.2) is 46.8 Å². The number of fused-ring (bicyclic) bond motifs is 1. The van der Waals surface area contributed by atoms with Crippen molar-refractivity contribution in [3.63, 3.8) is 0 Å². The highest BCUT2D eigenvalue weighted by molar-refractivity contribution is 8.00. The lowest BCUT2D eigenvalue weighted by Gasteiger charge is -2.15. The third-order valence-electron chi connectivity index (χ3n) is 4.24. The molecule has 0 aromatic carbocycles. The van der Waals surface area contributed by atoms with E-state index in [-0.39, 0.29) is 17.3 Å². The minimum atomic E-state index is -0.203. The fourth-order valence-corrected chi connectivity index (χ4v) is 4.55. The minimum absolute atomic E-state index is 0.127. The highest BCUT2D eigenvalue weighted by Gasteiger charge is 2.22. The van der Waals surface area contributed by atoms with Crippen molar-refractivity contribution in [1.82, 2.24) is 14.5 Å². The zero-order valence-electron chi connectivity index (χ0n) is 15.3. The number of anilines is 1. The molecule has 0 saturated carbocycles. The second kappa shape index (κ2) is 8.32. The summed E-state index contributed by atoms with van der Waals surface area (Å²) in [6.45, 7) is 3.46. The van der Waals surface area contributed by atoms with Gasteiger partial charge >= 0.3 is 5.69 Å². The lowest BCUT2D eigenvalue weighted by molar-refractivity contribution is -0.859. The number of aryl methyl sites for hydroxylation is 1. The summed E-state index contributed by atoms with van der Waals surface area (Å²) < 4.78 is 1.82. The molecule has 2 aromatic rings. The average Bonchev–Trinajstić information content (AvgIpc) is 3.21. The number of nitrogens with zero attached hydrogens (tertiary/aromatic N) is 3. The topological polar surface area (TPSA) is 81.3 Å². The number of carbonyl (C=O) groups is 1. The summed E-state index contributed by atoms with van der Waals surface area (Å²) in [4.78, 5) is 34.4. The number of aromatic nitrogens is 3. The lowest BCUT2D eigenvalue weighted by Crippen LogP contribution is -3.06. The van der Waals surface area contributed by atoms with E-state index in [1.807, 2.05) is 16.9 Å². The van der Waals surface area contributed by atoms with Crippen molar-refractivity contribution in [2.45, 2.75) is 37.8 Å². The first-order valence-electron chi connectivity index (χ1n) is 8.70. The van der Waals surface area contributed by atoms with Crippen molar-refractivity contribution in [2.75, 3.05) is 31.7 Å². The maximum absolute atomic E-state index is 12.5. The molecule has 0 unspecified atom stereocenters. The molecule has 0 spiro atoms. The van der Waals surface area contributed by atoms with Gasteiger partial charge in [-0.25, -0.2) is 9.78 Å². The van der Waals surface area contributed by atoms with Gasteiger partial charge in [-0.2, -0.15) is 4.98 Å². The van der Waals surface area contributed by atoms with Crippen LogP contribution in [0.1, 0.15) is 23.4 Å². The van der Waals surface area contributed by atoms with Gasteiger partial charge in [-0.15, -0.1) is 11.3 Å². The second-order valence-electron chi connectivity index (χ2n) is 6.72. The van der Waals surface area contributed by atoms with Crippen molar-refractivity contribution in [3.05, 3.63) is 32.8 Å². The highest BCUT2D eigenvalue weighted by atomic mass is 32.2. The van der Waals surface area contributed by atoms with E-state index in [0.717, 1.165) is 42.8 Å². The number of hydrogen-bond acceptors (Lipinski definition) is 6. The van der Waals surface area contributed by atoms with Gasteiger partial charge in [0.25, 0.3) is 0 Å². The SMILES string of the molecule is Cc1csc(NC(=O)CSc2nc(=O)n(CC[NH+](C)C)c3c2CCC3)n1. The zero-order chi connectivity index (χ0) is 18.7. The van der Waals surface area contributed by atoms with Crippen molar-refractivity contribution in [2.24, 2.45) is 0 Å². The molecule has 0 aliphatic heterocycles. The number of thiazole rings is 1. The predicted molar refractivity (Wildman–Crippen MR) is 104 cm³/mol. The molecule has 7 nitrogen and oxygen atoms in total. The quantitative estimate of drug-likeness (QED) is 0.524. The van der Waals surface area contributed by atoms with Gasteiger partial charge in [0.05, 0.1) is 38.6 Å². The maximum atomic E-state index is 12.5. The van der Waals surface area contributed by atoms with Crippen LogP contribution in [0.5, 0.6) is 0 Å². The number of rotatable bonds is 7. The van der Waals surface area contributed by atoms with Crippen LogP contribution in [0.3, 0.4) is 0 Å². The molecule has 0 bridgehead atoms. The normalized spacial score (nSPS) is 13.2. The van der Waals surface area contributed by atoms with Crippen LogP contribution in [0.4, 0.5) is 5.13 Å². The molecule has 2 N–H and O–H groups in total. The monoisotopic (exact) mass is 394 g/mol. The Bertz CT molecular complexity index is 859. The van der Waals surface area contributed by atoms with E-state index in [4.69, 9.17) is 0 Å². The first-order valence-corrected chi connectivity index (χ1v) is 10.6. The molecular formula is C17H24N5O2S2+. The van der Waals surface area contributed by atoms with Crippen LogP contribution in [0.2, 0.25) is 0 Å². The fraction of sp³-hybridized carbons (Fsp3) is 0.529. The molecule has 0 fully saturated rings. The Kier molecular flexibility index (Phi) is 6.10. The van der Waals surface area contributed by atoms with E-state index in [2.05, 4.69) is 29.4 Å². The third kappa shape index (κ3) is 4.52. The summed E-state index contributed by atoms with van der Waals surface area (Å²) >= 11 is 2.75. The molecule has 1 aliphatic carbocycles. The van der Waals surface area contributed by atoms with E-state index in [1.54, 1.807) is 0 Å². The Morgan fingerprint density at radius 3 is 2.88 bits per heavy atom. The smallest absolute Gasteiger partial charge is 0.338 e. The Labute approximate surface area is 160 Å². The van der Waals surface area contributed by atoms with E-state index in [0.29, 0.717) is 16.7 Å². The van der Waals surface area contributed by atoms with Gasteiger partial charge in [-0.3, -0.25) is 9.36 Å². The number of likely N-dealkylation sites (N-methyl/N-ethyl adjacent to an activating group) is 1. The standard InChI is InChI=1S/C17H23N5O2S2/c1-11-9-26-16(18-11)19-14(23)10-25-15-12-5-4-6-13(12)22(17(24)20-15)8-7-21(2)3/h9H,4-8,10H2,1-3H3,(H,18,19,23)/p+1. The molecule has 9 heteroatoms. The van der Waals surface area contributed by atoms with Gasteiger partial charge in [0.1, 0.15) is 5.03 Å². The van der Waals surface area contributed by atoms with Crippen LogP contribution < -0.4 is 15.9 Å². The second-order valence-corrected chi connectivity index (χ2v) is 8.54. The fourth-order valence-electron chi connectivity index (χ4n) is 2.97. The van der Waals surface area contributed by atoms with E-state index >= 15 is 0 Å². The van der Waals surface area contributed by atoms with Crippen molar-refractivity contribution >= 4 is 34.1 Å². The molecule has 1 amide bonds. The van der Waals surface area contributed by atoms with Crippen molar-refractivity contribution in [1.29, 1.82) is 0 Å². The van der Waals surface area contributed by atoms with Crippen LogP contribution in [0.15, 0.2) is 15.2 Å². The first kappa shape index (κ1) is 19.1. The number of amides is 1. The Balaban J connectivity index is 1.70. The zero-order valence-corrected chi connectivity index (χ0v) is 16.9. The number of quaternary nitrogens is 1. The molecule has 2 aromatic heterocycles. The average molecular weight is 395 g/mol. The van der Waals surface area contributed by atoms with Gasteiger partial charge in [0.2, 0.25) is 5.91 Å². The van der Waals surface area contributed by atoms with Gasteiger partial charge in [0, 0.05) is 16.6 Å². The molecule has 3 rings (SSSR count). The molecule has 0 atom stereocenters. The third-order valence-corrected chi connectivity index (χ3v) is 6.13. The van der Waals surface area contributed by atoms with E-state index in [1.165, 1.54) is 28.0 Å². The number of thioether (sulfide) groups is 1. The predicted octanol–water partition coefficient (Wildman–Crippen LogP) is 0.372. The molecule has 26 heavy (non-hydrogen) atoms. The number of nitrogens with one attached hydrogen (secondary N) is 2. The maximum Gasteiger partial charge on any atom is 0.349 e. The minimum Gasteiger partial charge on any atom is -0.338 e. The molecule has 140 valence electrons. The molecule has 0 saturated heterocycles. The Morgan fingerprint density at radius 2 is 2.19 bits per heavy atom. The van der Waals surface area contributed by atoms with Crippen molar-refractivity contribution in [3.8, 4) is 0 Å². The summed E-state index contributed by atoms with van der Waals surface area (Å²) in [7, 11) is 4.15. The largest absolute Gasteiger partial charge is 0.349 e. The van der Waals surface area contributed by atoms with Gasteiger partial charge in [-0.05, 0) is 26.2 Å². The van der Waals surface area contributed by atoms with E-state index in [9.17, 15) is 9.59 Å². The van der Waals surface area contributed by atoms with Crippen LogP contribution in [0.25, 0.3) is 0 Å². The van der Waals surface area contributed by atoms with Gasteiger partial charge in [0.15, 0.2) is 5.13 Å². The molecule has 0 radical (unpaired) electrons. The summed E-state index contributed by atoms with van der Waals surface area (Å²) in [5, 5.41) is 6.00. The Hall–Kier alpha value is -1.71. The lowest BCUT2D eigenvalue weighted by atomic mass is 10.2. The first-order chi connectivity index (χ1) is 12.4. The summed E-state index contributed by atoms with van der Waals surface area (Å²) in [6, 6.07) is 0. The summed E-state index contributed by atoms with van der Waals surface area (Å²) in [6.07, 6.45) is 2.87. The van der Waals surface area contributed by atoms with Crippen molar-refractivity contribution < 1.29 is 9.69 Å². The van der Waals surface area contributed by atoms with Gasteiger partial charge in [-0.1, -0.05) is 11.8 Å².